The summed E-state index contributed by atoms with van der Waals surface area (Å²) in [5.41, 5.74) is 1.48. The van der Waals surface area contributed by atoms with Crippen molar-refractivity contribution in [3.05, 3.63) is 77.4 Å². The molecule has 5 nitrogen and oxygen atoms in total. The number of esters is 1. The van der Waals surface area contributed by atoms with Gasteiger partial charge in [-0.25, -0.2) is 0 Å². The summed E-state index contributed by atoms with van der Waals surface area (Å²) in [6, 6.07) is 16.8. The molecule has 0 radical (unpaired) electrons. The fourth-order valence-corrected chi connectivity index (χ4v) is 5.09. The van der Waals surface area contributed by atoms with E-state index in [-0.39, 0.29) is 18.4 Å². The van der Waals surface area contributed by atoms with Crippen molar-refractivity contribution in [3.63, 3.8) is 0 Å². The fraction of sp³-hybridized carbons (Fsp3) is 0.292. The molecule has 1 amide bonds. The number of hydrogen-bond donors (Lipinski definition) is 1. The molecule has 1 aliphatic carbocycles. The van der Waals surface area contributed by atoms with Crippen molar-refractivity contribution in [3.8, 4) is 0 Å². The SMILES string of the molecule is CCOC(=O)[C@@H]1[C@@H](C)C=C(C=O)[C@H](c2ccccc2)[C@]12C(=O)Nc1ccccc12. The van der Waals surface area contributed by atoms with Crippen molar-refractivity contribution < 1.29 is 19.1 Å². The van der Waals surface area contributed by atoms with E-state index in [1.165, 1.54) is 0 Å². The van der Waals surface area contributed by atoms with Gasteiger partial charge in [-0.3, -0.25) is 14.4 Å². The first-order valence-corrected chi connectivity index (χ1v) is 9.85. The van der Waals surface area contributed by atoms with Crippen LogP contribution in [-0.2, 0) is 24.5 Å². The monoisotopic (exact) mass is 389 g/mol. The highest BCUT2D eigenvalue weighted by molar-refractivity contribution is 6.11. The number of benzene rings is 2. The van der Waals surface area contributed by atoms with E-state index in [1.807, 2.05) is 67.6 Å². The van der Waals surface area contributed by atoms with E-state index in [0.29, 0.717) is 11.3 Å². The summed E-state index contributed by atoms with van der Waals surface area (Å²) in [7, 11) is 0. The van der Waals surface area contributed by atoms with Crippen LogP contribution in [0, 0.1) is 11.8 Å². The molecule has 0 aromatic heterocycles. The van der Waals surface area contributed by atoms with Gasteiger partial charge in [-0.15, -0.1) is 0 Å². The Morgan fingerprint density at radius 2 is 1.83 bits per heavy atom. The van der Waals surface area contributed by atoms with Gasteiger partial charge in [0.2, 0.25) is 5.91 Å². The maximum absolute atomic E-state index is 13.7. The van der Waals surface area contributed by atoms with E-state index < -0.39 is 23.2 Å². The molecule has 5 heteroatoms. The number of amides is 1. The molecule has 148 valence electrons. The van der Waals surface area contributed by atoms with Gasteiger partial charge in [-0.1, -0.05) is 61.5 Å². The number of allylic oxidation sites excluding steroid dienone is 2. The van der Waals surface area contributed by atoms with E-state index in [2.05, 4.69) is 5.32 Å². The van der Waals surface area contributed by atoms with Crippen LogP contribution in [0.2, 0.25) is 0 Å². The maximum Gasteiger partial charge on any atom is 0.310 e. The van der Waals surface area contributed by atoms with E-state index in [4.69, 9.17) is 4.74 Å². The van der Waals surface area contributed by atoms with Gasteiger partial charge in [0.1, 0.15) is 11.7 Å². The molecule has 29 heavy (non-hydrogen) atoms. The van der Waals surface area contributed by atoms with E-state index in [9.17, 15) is 14.4 Å². The van der Waals surface area contributed by atoms with Gasteiger partial charge in [-0.05, 0) is 35.6 Å². The summed E-state index contributed by atoms with van der Waals surface area (Å²) in [4.78, 5) is 39.0. The van der Waals surface area contributed by atoms with Crippen LogP contribution in [0.25, 0.3) is 0 Å². The zero-order valence-corrected chi connectivity index (χ0v) is 16.4. The van der Waals surface area contributed by atoms with Crippen LogP contribution in [0.15, 0.2) is 66.2 Å². The van der Waals surface area contributed by atoms with Gasteiger partial charge in [0.25, 0.3) is 0 Å². The highest BCUT2D eigenvalue weighted by atomic mass is 16.5. The minimum absolute atomic E-state index is 0.224. The average Bonchev–Trinajstić information content (AvgIpc) is 3.00. The van der Waals surface area contributed by atoms with Crippen LogP contribution in [0.1, 0.15) is 30.9 Å². The van der Waals surface area contributed by atoms with Gasteiger partial charge in [0.05, 0.1) is 12.5 Å². The maximum atomic E-state index is 13.7. The topological polar surface area (TPSA) is 72.5 Å². The van der Waals surface area contributed by atoms with Crippen LogP contribution >= 0.6 is 0 Å². The summed E-state index contributed by atoms with van der Waals surface area (Å²) in [5, 5.41) is 2.96. The highest BCUT2D eigenvalue weighted by Gasteiger charge is 2.63. The van der Waals surface area contributed by atoms with Crippen molar-refractivity contribution in [2.75, 3.05) is 11.9 Å². The lowest BCUT2D eigenvalue weighted by molar-refractivity contribution is -0.156. The average molecular weight is 389 g/mol. The Morgan fingerprint density at radius 1 is 1.14 bits per heavy atom. The second-order valence-electron chi connectivity index (χ2n) is 7.59. The van der Waals surface area contributed by atoms with Crippen LogP contribution in [-0.4, -0.2) is 24.8 Å². The summed E-state index contributed by atoms with van der Waals surface area (Å²) in [5.74, 6) is -2.37. The zero-order chi connectivity index (χ0) is 20.6. The van der Waals surface area contributed by atoms with E-state index in [0.717, 1.165) is 17.4 Å². The molecule has 2 aliphatic rings. The lowest BCUT2D eigenvalue weighted by atomic mass is 9.53. The third kappa shape index (κ3) is 2.72. The van der Waals surface area contributed by atoms with Crippen molar-refractivity contribution in [2.24, 2.45) is 11.8 Å². The van der Waals surface area contributed by atoms with Crippen molar-refractivity contribution in [1.29, 1.82) is 0 Å². The lowest BCUT2D eigenvalue weighted by Gasteiger charge is -2.46. The number of ether oxygens (including phenoxy) is 1. The summed E-state index contributed by atoms with van der Waals surface area (Å²) in [6.45, 7) is 3.84. The van der Waals surface area contributed by atoms with Crippen LogP contribution in [0.5, 0.6) is 0 Å². The molecular weight excluding hydrogens is 366 g/mol. The Kier molecular flexibility index (Phi) is 4.82. The van der Waals surface area contributed by atoms with Crippen LogP contribution in [0.4, 0.5) is 5.69 Å². The summed E-state index contributed by atoms with van der Waals surface area (Å²) >= 11 is 0. The zero-order valence-electron chi connectivity index (χ0n) is 16.4. The van der Waals surface area contributed by atoms with Crippen molar-refractivity contribution in [1.82, 2.24) is 0 Å². The molecule has 1 N–H and O–H groups in total. The second-order valence-corrected chi connectivity index (χ2v) is 7.59. The Balaban J connectivity index is 2.07. The van der Waals surface area contributed by atoms with Gasteiger partial charge in [-0.2, -0.15) is 0 Å². The molecule has 4 atom stereocenters. The Hall–Kier alpha value is -3.21. The van der Waals surface area contributed by atoms with Gasteiger partial charge in [0, 0.05) is 11.6 Å². The number of carbonyl (C=O) groups excluding carboxylic acids is 3. The molecule has 2 aromatic carbocycles. The third-order valence-electron chi connectivity index (χ3n) is 6.07. The molecule has 0 unspecified atom stereocenters. The number of carbonyl (C=O) groups is 3. The molecule has 1 aliphatic heterocycles. The minimum atomic E-state index is -1.26. The number of hydrogen-bond acceptors (Lipinski definition) is 4. The van der Waals surface area contributed by atoms with Gasteiger partial charge < -0.3 is 10.1 Å². The fourth-order valence-electron chi connectivity index (χ4n) is 5.09. The number of aldehydes is 1. The molecule has 2 aromatic rings. The van der Waals surface area contributed by atoms with Gasteiger partial charge >= 0.3 is 5.97 Å². The largest absolute Gasteiger partial charge is 0.466 e. The summed E-state index contributed by atoms with van der Waals surface area (Å²) < 4.78 is 5.42. The predicted molar refractivity (Wildman–Crippen MR) is 109 cm³/mol. The Morgan fingerprint density at radius 3 is 2.52 bits per heavy atom. The van der Waals surface area contributed by atoms with E-state index in [1.54, 1.807) is 6.92 Å². The molecular formula is C24H23NO4. The normalized spacial score (nSPS) is 27.7. The first kappa shape index (κ1) is 19.1. The minimum Gasteiger partial charge on any atom is -0.466 e. The van der Waals surface area contributed by atoms with Crippen molar-refractivity contribution in [2.45, 2.75) is 25.2 Å². The van der Waals surface area contributed by atoms with E-state index >= 15 is 0 Å². The summed E-state index contributed by atoms with van der Waals surface area (Å²) in [6.07, 6.45) is 2.62. The smallest absolute Gasteiger partial charge is 0.310 e. The highest BCUT2D eigenvalue weighted by Crippen LogP contribution is 2.58. The Labute approximate surface area is 169 Å². The molecule has 1 heterocycles. The molecule has 4 rings (SSSR count). The molecule has 0 bridgehead atoms. The number of anilines is 1. The number of rotatable bonds is 4. The lowest BCUT2D eigenvalue weighted by Crippen LogP contribution is -2.55. The number of fused-ring (bicyclic) bond motifs is 2. The molecule has 0 saturated heterocycles. The quantitative estimate of drug-likeness (QED) is 0.640. The first-order valence-electron chi connectivity index (χ1n) is 9.85. The second kappa shape index (κ2) is 7.32. The molecule has 1 spiro atoms. The Bertz CT molecular complexity index is 997. The predicted octanol–water partition coefficient (Wildman–Crippen LogP) is 3.61. The third-order valence-corrected chi connectivity index (χ3v) is 6.07. The number of nitrogens with one attached hydrogen (secondary N) is 1. The van der Waals surface area contributed by atoms with Crippen LogP contribution < -0.4 is 5.32 Å². The van der Waals surface area contributed by atoms with Crippen molar-refractivity contribution >= 4 is 23.9 Å². The molecule has 0 saturated carbocycles. The van der Waals surface area contributed by atoms with Gasteiger partial charge in [0.15, 0.2) is 0 Å². The standard InChI is InChI=1S/C24H23NO4/c1-3-29-22(27)20-15(2)13-17(14-26)21(16-9-5-4-6-10-16)24(20)18-11-7-8-12-19(18)25-23(24)28/h4-15,20-21H,3H2,1-2H3,(H,25,28)/t15-,20-,21-,24+/m0/s1. The number of para-hydroxylation sites is 1. The molecule has 0 fully saturated rings. The first-order chi connectivity index (χ1) is 14.1. The van der Waals surface area contributed by atoms with Crippen LogP contribution in [0.3, 0.4) is 0 Å².